The van der Waals surface area contributed by atoms with Crippen LogP contribution in [-0.2, 0) is 0 Å². The highest BCUT2D eigenvalue weighted by molar-refractivity contribution is 7.80. The van der Waals surface area contributed by atoms with Gasteiger partial charge in [-0.1, -0.05) is 18.2 Å². The summed E-state index contributed by atoms with van der Waals surface area (Å²) in [4.78, 5) is 11.9. The fourth-order valence-corrected chi connectivity index (χ4v) is 1.91. The van der Waals surface area contributed by atoms with Crippen molar-refractivity contribution in [2.45, 2.75) is 0 Å². The number of ether oxygens (including phenoxy) is 1. The molecule has 2 N–H and O–H groups in total. The van der Waals surface area contributed by atoms with Gasteiger partial charge >= 0.3 is 0 Å². The third kappa shape index (κ3) is 4.00. The van der Waals surface area contributed by atoms with Gasteiger partial charge in [-0.25, -0.2) is 4.39 Å². The molecule has 0 radical (unpaired) electrons. The predicted octanol–water partition coefficient (Wildman–Crippen LogP) is 2.96. The molecular formula is C15H13FN2O2S. The van der Waals surface area contributed by atoms with Gasteiger partial charge in [0.25, 0.3) is 5.91 Å². The number of carbonyl (C=O) groups excluding carboxylic acids is 1. The number of thiocarbonyl (C=S) groups is 1. The second kappa shape index (κ2) is 6.81. The van der Waals surface area contributed by atoms with Crippen molar-refractivity contribution in [3.05, 3.63) is 59.9 Å². The summed E-state index contributed by atoms with van der Waals surface area (Å²) in [5, 5.41) is 5.45. The first-order valence-corrected chi connectivity index (χ1v) is 6.52. The Labute approximate surface area is 126 Å². The molecule has 2 aromatic carbocycles. The van der Waals surface area contributed by atoms with Crippen LogP contribution in [0.5, 0.6) is 5.75 Å². The number of nitrogens with one attached hydrogen (secondary N) is 2. The van der Waals surface area contributed by atoms with E-state index in [0.29, 0.717) is 11.4 Å². The summed E-state index contributed by atoms with van der Waals surface area (Å²) in [6.45, 7) is 0. The molecule has 0 heterocycles. The summed E-state index contributed by atoms with van der Waals surface area (Å²) in [6.07, 6.45) is 0. The lowest BCUT2D eigenvalue weighted by Gasteiger charge is -2.12. The number of anilines is 1. The average molecular weight is 304 g/mol. The molecule has 0 saturated carbocycles. The highest BCUT2D eigenvalue weighted by Crippen LogP contribution is 2.22. The van der Waals surface area contributed by atoms with E-state index >= 15 is 0 Å². The SMILES string of the molecule is COc1ccccc1NC(=S)NC(=O)c1cccc(F)c1. The van der Waals surface area contributed by atoms with Crippen LogP contribution in [-0.4, -0.2) is 18.1 Å². The van der Waals surface area contributed by atoms with Crippen LogP contribution >= 0.6 is 12.2 Å². The van der Waals surface area contributed by atoms with E-state index in [1.165, 1.54) is 25.3 Å². The molecule has 21 heavy (non-hydrogen) atoms. The van der Waals surface area contributed by atoms with Crippen molar-refractivity contribution in [1.82, 2.24) is 5.32 Å². The zero-order valence-electron chi connectivity index (χ0n) is 11.2. The normalized spacial score (nSPS) is 9.81. The van der Waals surface area contributed by atoms with Crippen LogP contribution in [0.4, 0.5) is 10.1 Å². The molecule has 2 rings (SSSR count). The van der Waals surface area contributed by atoms with Gasteiger partial charge in [-0.2, -0.15) is 0 Å². The van der Waals surface area contributed by atoms with Gasteiger partial charge in [0, 0.05) is 5.56 Å². The number of carbonyl (C=O) groups is 1. The molecule has 0 aliphatic heterocycles. The van der Waals surface area contributed by atoms with E-state index in [-0.39, 0.29) is 10.7 Å². The van der Waals surface area contributed by atoms with Crippen LogP contribution in [0.15, 0.2) is 48.5 Å². The van der Waals surface area contributed by atoms with E-state index in [1.54, 1.807) is 12.1 Å². The van der Waals surface area contributed by atoms with Gasteiger partial charge in [-0.3, -0.25) is 10.1 Å². The quantitative estimate of drug-likeness (QED) is 0.856. The summed E-state index contributed by atoms with van der Waals surface area (Å²) < 4.78 is 18.2. The van der Waals surface area contributed by atoms with Crippen molar-refractivity contribution in [2.24, 2.45) is 0 Å². The minimum Gasteiger partial charge on any atom is -0.495 e. The highest BCUT2D eigenvalue weighted by Gasteiger charge is 2.10. The van der Waals surface area contributed by atoms with Gasteiger partial charge < -0.3 is 10.1 Å². The number of rotatable bonds is 3. The monoisotopic (exact) mass is 304 g/mol. The number of para-hydroxylation sites is 2. The summed E-state index contributed by atoms with van der Waals surface area (Å²) in [5.41, 5.74) is 0.823. The highest BCUT2D eigenvalue weighted by atomic mass is 32.1. The largest absolute Gasteiger partial charge is 0.495 e. The molecule has 0 bridgehead atoms. The third-order valence-electron chi connectivity index (χ3n) is 2.67. The average Bonchev–Trinajstić information content (AvgIpc) is 2.47. The molecule has 4 nitrogen and oxygen atoms in total. The molecule has 1 amide bonds. The van der Waals surface area contributed by atoms with E-state index in [9.17, 15) is 9.18 Å². The molecule has 0 saturated heterocycles. The second-order valence-corrected chi connectivity index (χ2v) is 4.53. The van der Waals surface area contributed by atoms with Crippen LogP contribution in [0.2, 0.25) is 0 Å². The Morgan fingerprint density at radius 2 is 1.95 bits per heavy atom. The number of halogens is 1. The summed E-state index contributed by atoms with van der Waals surface area (Å²) in [5.74, 6) is -0.368. The Bertz CT molecular complexity index is 676. The first-order chi connectivity index (χ1) is 10.1. The maximum absolute atomic E-state index is 13.1. The van der Waals surface area contributed by atoms with Gasteiger partial charge in [0.1, 0.15) is 11.6 Å². The molecule has 0 aliphatic carbocycles. The molecule has 0 spiro atoms. The minimum atomic E-state index is -0.484. The topological polar surface area (TPSA) is 50.4 Å². The second-order valence-electron chi connectivity index (χ2n) is 4.12. The standard InChI is InChI=1S/C15H13FN2O2S/c1-20-13-8-3-2-7-12(13)17-15(21)18-14(19)10-5-4-6-11(16)9-10/h2-9H,1H3,(H2,17,18,19,21). The Morgan fingerprint density at radius 1 is 1.19 bits per heavy atom. The number of hydrogen-bond donors (Lipinski definition) is 2. The lowest BCUT2D eigenvalue weighted by molar-refractivity contribution is 0.0977. The van der Waals surface area contributed by atoms with Crippen LogP contribution in [0.25, 0.3) is 0 Å². The predicted molar refractivity (Wildman–Crippen MR) is 83.1 cm³/mol. The fourth-order valence-electron chi connectivity index (χ4n) is 1.71. The Morgan fingerprint density at radius 3 is 2.67 bits per heavy atom. The van der Waals surface area contributed by atoms with Crippen LogP contribution < -0.4 is 15.4 Å². The van der Waals surface area contributed by atoms with Crippen LogP contribution in [0.1, 0.15) is 10.4 Å². The molecule has 2 aromatic rings. The maximum atomic E-state index is 13.1. The van der Waals surface area contributed by atoms with E-state index in [2.05, 4.69) is 10.6 Å². The van der Waals surface area contributed by atoms with Gasteiger partial charge in [-0.15, -0.1) is 0 Å². The Kier molecular flexibility index (Phi) is 4.84. The molecular weight excluding hydrogens is 291 g/mol. The van der Waals surface area contributed by atoms with Gasteiger partial charge in [0.15, 0.2) is 5.11 Å². The van der Waals surface area contributed by atoms with E-state index in [0.717, 1.165) is 6.07 Å². The smallest absolute Gasteiger partial charge is 0.257 e. The number of amides is 1. The molecule has 0 aromatic heterocycles. The summed E-state index contributed by atoms with van der Waals surface area (Å²) in [7, 11) is 1.54. The number of methoxy groups -OCH3 is 1. The first kappa shape index (κ1) is 14.9. The van der Waals surface area contributed by atoms with E-state index in [4.69, 9.17) is 17.0 Å². The third-order valence-corrected chi connectivity index (χ3v) is 2.87. The molecule has 0 unspecified atom stereocenters. The lowest BCUT2D eigenvalue weighted by atomic mass is 10.2. The van der Waals surface area contributed by atoms with Crippen molar-refractivity contribution < 1.29 is 13.9 Å². The van der Waals surface area contributed by atoms with Crippen LogP contribution in [0.3, 0.4) is 0 Å². The zero-order chi connectivity index (χ0) is 15.2. The molecule has 0 aliphatic rings. The van der Waals surface area contributed by atoms with Gasteiger partial charge in [0.05, 0.1) is 12.8 Å². The van der Waals surface area contributed by atoms with E-state index in [1.807, 2.05) is 12.1 Å². The van der Waals surface area contributed by atoms with Gasteiger partial charge in [-0.05, 0) is 42.5 Å². The molecule has 0 atom stereocenters. The summed E-state index contributed by atoms with van der Waals surface area (Å²) >= 11 is 5.06. The van der Waals surface area contributed by atoms with Crippen LogP contribution in [0, 0.1) is 5.82 Å². The van der Waals surface area contributed by atoms with Crippen molar-refractivity contribution in [1.29, 1.82) is 0 Å². The maximum Gasteiger partial charge on any atom is 0.257 e. The van der Waals surface area contributed by atoms with Crippen molar-refractivity contribution in [3.8, 4) is 5.75 Å². The number of hydrogen-bond acceptors (Lipinski definition) is 3. The molecule has 6 heteroatoms. The molecule has 0 fully saturated rings. The van der Waals surface area contributed by atoms with E-state index < -0.39 is 11.7 Å². The summed E-state index contributed by atoms with van der Waals surface area (Å²) in [6, 6.07) is 12.5. The number of benzene rings is 2. The van der Waals surface area contributed by atoms with Crippen molar-refractivity contribution >= 4 is 28.9 Å². The Balaban J connectivity index is 2.03. The van der Waals surface area contributed by atoms with Crippen molar-refractivity contribution in [2.75, 3.05) is 12.4 Å². The van der Waals surface area contributed by atoms with Crippen molar-refractivity contribution in [3.63, 3.8) is 0 Å². The Hall–Kier alpha value is -2.47. The lowest BCUT2D eigenvalue weighted by Crippen LogP contribution is -2.34. The fraction of sp³-hybridized carbons (Fsp3) is 0.0667. The van der Waals surface area contributed by atoms with Gasteiger partial charge in [0.2, 0.25) is 0 Å². The zero-order valence-corrected chi connectivity index (χ0v) is 12.0. The molecule has 108 valence electrons. The minimum absolute atomic E-state index is 0.105. The first-order valence-electron chi connectivity index (χ1n) is 6.11.